The minimum absolute atomic E-state index is 0.00237. The average Bonchev–Trinajstić information content (AvgIpc) is 3.24. The van der Waals surface area contributed by atoms with Crippen molar-refractivity contribution in [1.29, 1.82) is 0 Å². The third-order valence-electron chi connectivity index (χ3n) is 5.43. The third-order valence-corrected chi connectivity index (χ3v) is 6.48. The smallest absolute Gasteiger partial charge is 0.251 e. The molecule has 0 unspecified atom stereocenters. The normalized spacial score (nSPS) is 10.7. The first-order valence-electron chi connectivity index (χ1n) is 11.1. The number of carbonyl (C=O) groups is 2. The molecule has 0 aliphatic heterocycles. The number of carbonyl (C=O) groups excluding carboxylic acids is 2. The van der Waals surface area contributed by atoms with Crippen LogP contribution in [-0.2, 0) is 17.9 Å². The fourth-order valence-corrected chi connectivity index (χ4v) is 4.56. The quantitative estimate of drug-likeness (QED) is 0.333. The third kappa shape index (κ3) is 5.99. The van der Waals surface area contributed by atoms with Gasteiger partial charge in [-0.05, 0) is 35.9 Å². The average molecular weight is 474 g/mol. The molecular weight excluding hydrogens is 446 g/mol. The number of rotatable bonds is 10. The Balaban J connectivity index is 1.33. The van der Waals surface area contributed by atoms with Crippen LogP contribution in [0.15, 0.2) is 90.0 Å². The number of amides is 2. The number of fused-ring (bicyclic) bond motifs is 1. The lowest BCUT2D eigenvalue weighted by Gasteiger charge is -2.08. The Hall–Kier alpha value is -3.71. The van der Waals surface area contributed by atoms with Crippen LogP contribution in [0.4, 0.5) is 0 Å². The topological polar surface area (TPSA) is 72.4 Å². The number of nitrogens with one attached hydrogen (secondary N) is 2. The van der Waals surface area contributed by atoms with Gasteiger partial charge in [0.15, 0.2) is 0 Å². The molecule has 0 aliphatic carbocycles. The Labute approximate surface area is 203 Å². The van der Waals surface area contributed by atoms with Crippen LogP contribution >= 0.6 is 11.8 Å². The summed E-state index contributed by atoms with van der Waals surface area (Å²) in [6.07, 6.45) is 2.05. The SMILES string of the molecule is COc1ccc(C(=O)NCCn2cc(SCC(=O)NCc3ccccc3)c3ccccc32)cc1. The zero-order chi connectivity index (χ0) is 23.8. The van der Waals surface area contributed by atoms with Crippen LogP contribution in [-0.4, -0.2) is 35.8 Å². The predicted molar refractivity (Wildman–Crippen MR) is 136 cm³/mol. The number of hydrogen-bond acceptors (Lipinski definition) is 4. The van der Waals surface area contributed by atoms with E-state index in [0.717, 1.165) is 21.4 Å². The highest BCUT2D eigenvalue weighted by Gasteiger charge is 2.11. The van der Waals surface area contributed by atoms with Crippen molar-refractivity contribution in [3.63, 3.8) is 0 Å². The van der Waals surface area contributed by atoms with Crippen LogP contribution in [0, 0.1) is 0 Å². The molecule has 1 heterocycles. The van der Waals surface area contributed by atoms with Crippen LogP contribution in [0.3, 0.4) is 0 Å². The summed E-state index contributed by atoms with van der Waals surface area (Å²) in [6, 6.07) is 25.0. The second-order valence-corrected chi connectivity index (χ2v) is 8.76. The van der Waals surface area contributed by atoms with Gasteiger partial charge in [-0.2, -0.15) is 0 Å². The molecule has 4 aromatic rings. The van der Waals surface area contributed by atoms with E-state index in [1.165, 1.54) is 11.8 Å². The van der Waals surface area contributed by atoms with E-state index in [4.69, 9.17) is 4.74 Å². The second-order valence-electron chi connectivity index (χ2n) is 7.74. The van der Waals surface area contributed by atoms with Crippen LogP contribution in [0.5, 0.6) is 5.75 Å². The van der Waals surface area contributed by atoms with E-state index < -0.39 is 0 Å². The standard InChI is InChI=1S/C27H27N3O3S/c1-33-22-13-11-21(12-14-22)27(32)28-15-16-30-18-25(23-9-5-6-10-24(23)30)34-19-26(31)29-17-20-7-3-2-4-8-20/h2-14,18H,15-17,19H2,1H3,(H,28,32)(H,29,31). The van der Waals surface area contributed by atoms with Crippen LogP contribution in [0.25, 0.3) is 10.9 Å². The fourth-order valence-electron chi connectivity index (χ4n) is 3.64. The Morgan fingerprint density at radius 2 is 1.65 bits per heavy atom. The summed E-state index contributed by atoms with van der Waals surface area (Å²) in [7, 11) is 1.60. The number of methoxy groups -OCH3 is 1. The van der Waals surface area contributed by atoms with Crippen LogP contribution in [0.1, 0.15) is 15.9 Å². The maximum atomic E-state index is 12.4. The number of ether oxygens (including phenoxy) is 1. The Kier molecular flexibility index (Phi) is 7.88. The summed E-state index contributed by atoms with van der Waals surface area (Å²) >= 11 is 1.52. The first-order valence-corrected chi connectivity index (χ1v) is 12.1. The minimum Gasteiger partial charge on any atom is -0.497 e. The first kappa shape index (κ1) is 23.4. The number of nitrogens with zero attached hydrogens (tertiary/aromatic N) is 1. The molecule has 4 rings (SSSR count). The van der Waals surface area contributed by atoms with E-state index in [0.29, 0.717) is 36.7 Å². The van der Waals surface area contributed by atoms with Crippen molar-refractivity contribution >= 4 is 34.5 Å². The van der Waals surface area contributed by atoms with E-state index in [2.05, 4.69) is 33.5 Å². The summed E-state index contributed by atoms with van der Waals surface area (Å²) in [5.74, 6) is 0.935. The molecule has 0 aliphatic rings. The zero-order valence-electron chi connectivity index (χ0n) is 19.0. The summed E-state index contributed by atoms with van der Waals surface area (Å²) in [6.45, 7) is 1.64. The molecule has 0 radical (unpaired) electrons. The molecule has 0 saturated carbocycles. The molecule has 0 saturated heterocycles. The van der Waals surface area contributed by atoms with Crippen molar-refractivity contribution in [3.8, 4) is 5.75 Å². The van der Waals surface area contributed by atoms with E-state index in [9.17, 15) is 9.59 Å². The zero-order valence-corrected chi connectivity index (χ0v) is 19.8. The number of thioether (sulfide) groups is 1. The predicted octanol–water partition coefficient (Wildman–Crippen LogP) is 4.49. The van der Waals surface area contributed by atoms with Crippen LogP contribution < -0.4 is 15.4 Å². The molecule has 3 aromatic carbocycles. The van der Waals surface area contributed by atoms with Gasteiger partial charge in [-0.1, -0.05) is 48.5 Å². The molecule has 0 fully saturated rings. The molecule has 2 amide bonds. The lowest BCUT2D eigenvalue weighted by atomic mass is 10.2. The molecule has 0 bridgehead atoms. The van der Waals surface area contributed by atoms with Crippen molar-refractivity contribution in [2.24, 2.45) is 0 Å². The maximum Gasteiger partial charge on any atom is 0.251 e. The van der Waals surface area contributed by atoms with Crippen LogP contribution in [0.2, 0.25) is 0 Å². The Morgan fingerprint density at radius 1 is 0.912 bits per heavy atom. The van der Waals surface area contributed by atoms with Crippen molar-refractivity contribution < 1.29 is 14.3 Å². The summed E-state index contributed by atoms with van der Waals surface area (Å²) in [4.78, 5) is 25.8. The van der Waals surface area contributed by atoms with Crippen molar-refractivity contribution in [2.45, 2.75) is 18.0 Å². The molecule has 1 aromatic heterocycles. The molecule has 34 heavy (non-hydrogen) atoms. The maximum absolute atomic E-state index is 12.4. The first-order chi connectivity index (χ1) is 16.6. The molecule has 0 atom stereocenters. The van der Waals surface area contributed by atoms with E-state index >= 15 is 0 Å². The van der Waals surface area contributed by atoms with E-state index in [-0.39, 0.29) is 11.8 Å². The number of aromatic nitrogens is 1. The van der Waals surface area contributed by atoms with Gasteiger partial charge in [0.1, 0.15) is 5.75 Å². The molecule has 7 heteroatoms. The van der Waals surface area contributed by atoms with Gasteiger partial charge in [-0.25, -0.2) is 0 Å². The van der Waals surface area contributed by atoms with Gasteiger partial charge in [0.05, 0.1) is 12.9 Å². The summed E-state index contributed by atoms with van der Waals surface area (Å²) in [5.41, 5.74) is 2.75. The molecular formula is C27H27N3O3S. The fraction of sp³-hybridized carbons (Fsp3) is 0.185. The molecule has 2 N–H and O–H groups in total. The minimum atomic E-state index is -0.121. The van der Waals surface area contributed by atoms with Gasteiger partial charge in [0.25, 0.3) is 5.91 Å². The molecule has 0 spiro atoms. The van der Waals surface area contributed by atoms with Gasteiger partial charge in [-0.3, -0.25) is 9.59 Å². The Morgan fingerprint density at radius 3 is 2.41 bits per heavy atom. The summed E-state index contributed by atoms with van der Waals surface area (Å²) < 4.78 is 7.26. The van der Waals surface area contributed by atoms with Crippen molar-refractivity contribution in [3.05, 3.63) is 96.2 Å². The van der Waals surface area contributed by atoms with E-state index in [1.807, 2.05) is 42.5 Å². The number of para-hydroxylation sites is 1. The highest BCUT2D eigenvalue weighted by Crippen LogP contribution is 2.29. The lowest BCUT2D eigenvalue weighted by molar-refractivity contribution is -0.118. The van der Waals surface area contributed by atoms with Gasteiger partial charge < -0.3 is 19.9 Å². The monoisotopic (exact) mass is 473 g/mol. The second kappa shape index (κ2) is 11.4. The number of benzene rings is 3. The highest BCUT2D eigenvalue weighted by molar-refractivity contribution is 8.00. The molecule has 174 valence electrons. The van der Waals surface area contributed by atoms with Gasteiger partial charge in [0, 0.05) is 47.2 Å². The molecule has 6 nitrogen and oxygen atoms in total. The van der Waals surface area contributed by atoms with Gasteiger partial charge in [-0.15, -0.1) is 11.8 Å². The van der Waals surface area contributed by atoms with Crippen molar-refractivity contribution in [2.75, 3.05) is 19.4 Å². The lowest BCUT2D eigenvalue weighted by Crippen LogP contribution is -2.27. The van der Waals surface area contributed by atoms with E-state index in [1.54, 1.807) is 31.4 Å². The Bertz CT molecular complexity index is 1250. The summed E-state index contributed by atoms with van der Waals surface area (Å²) in [5, 5.41) is 7.04. The number of hydrogen-bond donors (Lipinski definition) is 2. The van der Waals surface area contributed by atoms with Crippen molar-refractivity contribution in [1.82, 2.24) is 15.2 Å². The highest BCUT2D eigenvalue weighted by atomic mass is 32.2. The largest absolute Gasteiger partial charge is 0.497 e. The van der Waals surface area contributed by atoms with Gasteiger partial charge in [0.2, 0.25) is 5.91 Å². The van der Waals surface area contributed by atoms with Gasteiger partial charge >= 0.3 is 0 Å².